The van der Waals surface area contributed by atoms with Gasteiger partial charge in [0, 0.05) is 18.7 Å². The number of likely N-dealkylation sites (tertiary alicyclic amines) is 1. The van der Waals surface area contributed by atoms with E-state index in [0.29, 0.717) is 5.56 Å². The van der Waals surface area contributed by atoms with E-state index in [1.165, 1.54) is 31.4 Å². The summed E-state index contributed by atoms with van der Waals surface area (Å²) in [6.07, 6.45) is 5.73. The second-order valence-corrected chi connectivity index (χ2v) is 5.58. The quantitative estimate of drug-likeness (QED) is 0.834. The van der Waals surface area contributed by atoms with Crippen molar-refractivity contribution in [3.8, 4) is 11.5 Å². The zero-order valence-electron chi connectivity index (χ0n) is 12.0. The molecule has 1 aliphatic heterocycles. The number of carbonyl (C=O) groups is 1. The van der Waals surface area contributed by atoms with Crippen LogP contribution < -0.4 is 0 Å². The molecule has 2 rings (SSSR count). The van der Waals surface area contributed by atoms with E-state index in [-0.39, 0.29) is 17.4 Å². The molecule has 0 spiro atoms. The zero-order chi connectivity index (χ0) is 14.5. The van der Waals surface area contributed by atoms with Crippen LogP contribution in [0.2, 0.25) is 0 Å². The molecule has 20 heavy (non-hydrogen) atoms. The normalized spacial score (nSPS) is 19.6. The molecule has 4 nitrogen and oxygen atoms in total. The fraction of sp³-hybridized carbons (Fsp3) is 0.562. The van der Waals surface area contributed by atoms with Gasteiger partial charge in [-0.2, -0.15) is 0 Å². The third-order valence-electron chi connectivity index (χ3n) is 4.05. The van der Waals surface area contributed by atoms with Crippen molar-refractivity contribution >= 4 is 5.91 Å². The van der Waals surface area contributed by atoms with Crippen LogP contribution in [0.5, 0.6) is 11.5 Å². The van der Waals surface area contributed by atoms with Crippen molar-refractivity contribution in [2.24, 2.45) is 5.92 Å². The zero-order valence-corrected chi connectivity index (χ0v) is 12.0. The Morgan fingerprint density at radius 1 is 1.25 bits per heavy atom. The van der Waals surface area contributed by atoms with Gasteiger partial charge in [0.25, 0.3) is 5.91 Å². The van der Waals surface area contributed by atoms with Crippen molar-refractivity contribution in [3.05, 3.63) is 23.8 Å². The number of phenols is 2. The summed E-state index contributed by atoms with van der Waals surface area (Å²) in [5.74, 6) is 0.235. The van der Waals surface area contributed by atoms with Crippen LogP contribution in [0.25, 0.3) is 0 Å². The maximum atomic E-state index is 12.4. The summed E-state index contributed by atoms with van der Waals surface area (Å²) >= 11 is 0. The lowest BCUT2D eigenvalue weighted by atomic mass is 9.96. The highest BCUT2D eigenvalue weighted by Gasteiger charge is 2.21. The van der Waals surface area contributed by atoms with Gasteiger partial charge >= 0.3 is 0 Å². The summed E-state index contributed by atoms with van der Waals surface area (Å²) in [6, 6.07) is 4.26. The topological polar surface area (TPSA) is 60.8 Å². The van der Waals surface area contributed by atoms with E-state index >= 15 is 0 Å². The molecule has 1 atom stereocenters. The van der Waals surface area contributed by atoms with Crippen molar-refractivity contribution in [1.29, 1.82) is 0 Å². The Kier molecular flexibility index (Phi) is 4.88. The van der Waals surface area contributed by atoms with Crippen molar-refractivity contribution in [2.45, 2.75) is 39.0 Å². The van der Waals surface area contributed by atoms with Crippen LogP contribution in [0.3, 0.4) is 0 Å². The number of hydrogen-bond acceptors (Lipinski definition) is 3. The van der Waals surface area contributed by atoms with Crippen LogP contribution in [0.15, 0.2) is 18.2 Å². The van der Waals surface area contributed by atoms with Gasteiger partial charge in [-0.15, -0.1) is 0 Å². The van der Waals surface area contributed by atoms with Gasteiger partial charge in [-0.25, -0.2) is 0 Å². The number of hydrogen-bond donors (Lipinski definition) is 2. The molecule has 0 aliphatic carbocycles. The minimum atomic E-state index is -0.241. The third kappa shape index (κ3) is 3.44. The highest BCUT2D eigenvalue weighted by Crippen LogP contribution is 2.27. The second-order valence-electron chi connectivity index (χ2n) is 5.58. The van der Waals surface area contributed by atoms with E-state index < -0.39 is 0 Å². The van der Waals surface area contributed by atoms with Gasteiger partial charge < -0.3 is 15.1 Å². The Morgan fingerprint density at radius 2 is 2.05 bits per heavy atom. The highest BCUT2D eigenvalue weighted by molar-refractivity contribution is 5.94. The Balaban J connectivity index is 2.03. The number of phenolic OH excluding ortho intramolecular Hbond substituents is 2. The van der Waals surface area contributed by atoms with E-state index in [0.717, 1.165) is 31.8 Å². The van der Waals surface area contributed by atoms with Gasteiger partial charge in [-0.3, -0.25) is 4.79 Å². The third-order valence-corrected chi connectivity index (χ3v) is 4.05. The first-order valence-corrected chi connectivity index (χ1v) is 7.43. The smallest absolute Gasteiger partial charge is 0.253 e. The molecular weight excluding hydrogens is 254 g/mol. The largest absolute Gasteiger partial charge is 0.504 e. The molecule has 1 aromatic carbocycles. The van der Waals surface area contributed by atoms with Gasteiger partial charge in [-0.1, -0.05) is 19.8 Å². The van der Waals surface area contributed by atoms with Crippen LogP contribution in [-0.2, 0) is 0 Å². The minimum Gasteiger partial charge on any atom is -0.504 e. The lowest BCUT2D eigenvalue weighted by Gasteiger charge is -2.21. The lowest BCUT2D eigenvalue weighted by molar-refractivity contribution is 0.0759. The Morgan fingerprint density at radius 3 is 2.75 bits per heavy atom. The number of nitrogens with zero attached hydrogens (tertiary/aromatic N) is 1. The van der Waals surface area contributed by atoms with E-state index in [2.05, 4.69) is 6.92 Å². The van der Waals surface area contributed by atoms with E-state index in [1.807, 2.05) is 4.90 Å². The molecule has 1 aromatic rings. The predicted octanol–water partition coefficient (Wildman–Crippen LogP) is 3.14. The van der Waals surface area contributed by atoms with Crippen LogP contribution >= 0.6 is 0 Å². The number of amides is 1. The van der Waals surface area contributed by atoms with Crippen molar-refractivity contribution in [1.82, 2.24) is 4.90 Å². The molecule has 1 unspecified atom stereocenters. The molecule has 2 N–H and O–H groups in total. The standard InChI is InChI=1S/C16H23NO3/c1-2-4-12-5-3-9-17(10-8-12)16(20)13-6-7-14(18)15(19)11-13/h6-7,11-12,18-19H,2-5,8-10H2,1H3. The SMILES string of the molecule is CCCC1CCCN(C(=O)c2ccc(O)c(O)c2)CC1. The van der Waals surface area contributed by atoms with E-state index in [1.54, 1.807) is 6.07 Å². The second kappa shape index (κ2) is 6.64. The van der Waals surface area contributed by atoms with Crippen LogP contribution in [0, 0.1) is 5.92 Å². The Labute approximate surface area is 120 Å². The Hall–Kier alpha value is -1.71. The minimum absolute atomic E-state index is 0.0579. The molecule has 1 amide bonds. The first kappa shape index (κ1) is 14.7. The molecule has 0 aromatic heterocycles. The summed E-state index contributed by atoms with van der Waals surface area (Å²) in [4.78, 5) is 14.3. The summed E-state index contributed by atoms with van der Waals surface area (Å²) < 4.78 is 0. The highest BCUT2D eigenvalue weighted by atomic mass is 16.3. The van der Waals surface area contributed by atoms with Crippen LogP contribution in [0.1, 0.15) is 49.4 Å². The number of benzene rings is 1. The monoisotopic (exact) mass is 277 g/mol. The molecule has 110 valence electrons. The van der Waals surface area contributed by atoms with Crippen molar-refractivity contribution in [2.75, 3.05) is 13.1 Å². The number of aromatic hydroxyl groups is 2. The fourth-order valence-corrected chi connectivity index (χ4v) is 2.90. The van der Waals surface area contributed by atoms with Crippen molar-refractivity contribution < 1.29 is 15.0 Å². The van der Waals surface area contributed by atoms with Gasteiger partial charge in [-0.05, 0) is 43.4 Å². The summed E-state index contributed by atoms with van der Waals surface area (Å²) in [5.41, 5.74) is 0.439. The van der Waals surface area contributed by atoms with Crippen LogP contribution in [-0.4, -0.2) is 34.1 Å². The molecule has 1 fully saturated rings. The maximum Gasteiger partial charge on any atom is 0.253 e. The van der Waals surface area contributed by atoms with E-state index in [9.17, 15) is 15.0 Å². The molecule has 1 aliphatic rings. The molecule has 0 saturated carbocycles. The molecule has 0 bridgehead atoms. The van der Waals surface area contributed by atoms with E-state index in [4.69, 9.17) is 0 Å². The molecular formula is C16H23NO3. The first-order valence-electron chi connectivity index (χ1n) is 7.43. The Bertz CT molecular complexity index is 473. The molecule has 4 heteroatoms. The number of carbonyl (C=O) groups excluding carboxylic acids is 1. The first-order chi connectivity index (χ1) is 9.61. The maximum absolute atomic E-state index is 12.4. The molecule has 1 saturated heterocycles. The molecule has 0 radical (unpaired) electrons. The summed E-state index contributed by atoms with van der Waals surface area (Å²) in [6.45, 7) is 3.76. The average molecular weight is 277 g/mol. The van der Waals surface area contributed by atoms with Gasteiger partial charge in [0.1, 0.15) is 0 Å². The predicted molar refractivity (Wildman–Crippen MR) is 77.9 cm³/mol. The summed E-state index contributed by atoms with van der Waals surface area (Å²) in [7, 11) is 0. The van der Waals surface area contributed by atoms with Gasteiger partial charge in [0.15, 0.2) is 11.5 Å². The fourth-order valence-electron chi connectivity index (χ4n) is 2.90. The van der Waals surface area contributed by atoms with Gasteiger partial charge in [0.2, 0.25) is 0 Å². The average Bonchev–Trinajstić information content (AvgIpc) is 2.67. The molecule has 1 heterocycles. The summed E-state index contributed by atoms with van der Waals surface area (Å²) in [5, 5.41) is 18.8. The lowest BCUT2D eigenvalue weighted by Crippen LogP contribution is -2.32. The number of rotatable bonds is 3. The van der Waals surface area contributed by atoms with Crippen molar-refractivity contribution in [3.63, 3.8) is 0 Å². The van der Waals surface area contributed by atoms with Crippen LogP contribution in [0.4, 0.5) is 0 Å². The van der Waals surface area contributed by atoms with Gasteiger partial charge in [0.05, 0.1) is 0 Å².